The van der Waals surface area contributed by atoms with Crippen molar-refractivity contribution in [2.24, 2.45) is 0 Å². The van der Waals surface area contributed by atoms with Gasteiger partial charge >= 0.3 is 0 Å². The van der Waals surface area contributed by atoms with Gasteiger partial charge in [0.15, 0.2) is 0 Å². The van der Waals surface area contributed by atoms with Crippen molar-refractivity contribution in [1.82, 2.24) is 10.2 Å². The Morgan fingerprint density at radius 3 is 2.14 bits per heavy atom. The second-order valence-electron chi connectivity index (χ2n) is 5.49. The van der Waals surface area contributed by atoms with Crippen molar-refractivity contribution in [3.8, 4) is 0 Å². The van der Waals surface area contributed by atoms with Crippen molar-refractivity contribution < 1.29 is 0 Å². The summed E-state index contributed by atoms with van der Waals surface area (Å²) in [6.45, 7) is 4.07. The quantitative estimate of drug-likeness (QED) is 0.858. The molecule has 2 aromatic carbocycles. The number of hydrogen-bond donors (Lipinski definition) is 1. The number of halogens is 1. The Morgan fingerprint density at radius 2 is 1.57 bits per heavy atom. The van der Waals surface area contributed by atoms with E-state index in [1.807, 2.05) is 19.2 Å². The van der Waals surface area contributed by atoms with E-state index >= 15 is 0 Å². The van der Waals surface area contributed by atoms with Crippen molar-refractivity contribution in [3.05, 3.63) is 70.2 Å². The molecule has 0 amide bonds. The van der Waals surface area contributed by atoms with Crippen LogP contribution in [-0.4, -0.2) is 19.0 Å². The van der Waals surface area contributed by atoms with Crippen LogP contribution in [0.3, 0.4) is 0 Å². The van der Waals surface area contributed by atoms with Crippen LogP contribution in [0.15, 0.2) is 48.5 Å². The average molecular weight is 303 g/mol. The molecule has 2 rings (SSSR count). The molecule has 0 heterocycles. The van der Waals surface area contributed by atoms with Gasteiger partial charge in [0.05, 0.1) is 0 Å². The number of hydrogen-bond acceptors (Lipinski definition) is 2. The molecule has 21 heavy (non-hydrogen) atoms. The predicted octanol–water partition coefficient (Wildman–Crippen LogP) is 4.25. The molecule has 0 aliphatic heterocycles. The first-order valence-electron chi connectivity index (χ1n) is 7.28. The summed E-state index contributed by atoms with van der Waals surface area (Å²) < 4.78 is 0. The van der Waals surface area contributed by atoms with Crippen LogP contribution in [0.1, 0.15) is 29.7 Å². The summed E-state index contributed by atoms with van der Waals surface area (Å²) in [6.07, 6.45) is 0. The van der Waals surface area contributed by atoms with Gasteiger partial charge in [-0.15, -0.1) is 0 Å². The number of rotatable bonds is 6. The van der Waals surface area contributed by atoms with Gasteiger partial charge in [-0.2, -0.15) is 0 Å². The van der Waals surface area contributed by atoms with E-state index in [1.165, 1.54) is 16.7 Å². The summed E-state index contributed by atoms with van der Waals surface area (Å²) in [6, 6.07) is 17.2. The van der Waals surface area contributed by atoms with Gasteiger partial charge in [0.2, 0.25) is 0 Å². The van der Waals surface area contributed by atoms with Gasteiger partial charge in [-0.05, 0) is 49.8 Å². The van der Waals surface area contributed by atoms with Crippen molar-refractivity contribution in [2.45, 2.75) is 26.1 Å². The lowest BCUT2D eigenvalue weighted by Crippen LogP contribution is -2.21. The molecule has 1 N–H and O–H groups in total. The van der Waals surface area contributed by atoms with E-state index in [2.05, 4.69) is 60.6 Å². The second-order valence-corrected chi connectivity index (χ2v) is 5.93. The van der Waals surface area contributed by atoms with Crippen LogP contribution in [0.25, 0.3) is 0 Å². The molecule has 2 aromatic rings. The van der Waals surface area contributed by atoms with Gasteiger partial charge in [0.1, 0.15) is 0 Å². The van der Waals surface area contributed by atoms with Crippen molar-refractivity contribution in [3.63, 3.8) is 0 Å². The maximum absolute atomic E-state index is 5.95. The van der Waals surface area contributed by atoms with E-state index in [0.717, 1.165) is 18.1 Å². The predicted molar refractivity (Wildman–Crippen MR) is 90.5 cm³/mol. The first kappa shape index (κ1) is 16.0. The van der Waals surface area contributed by atoms with Gasteiger partial charge in [-0.25, -0.2) is 0 Å². The summed E-state index contributed by atoms with van der Waals surface area (Å²) in [4.78, 5) is 2.34. The van der Waals surface area contributed by atoms with Crippen molar-refractivity contribution >= 4 is 11.6 Å². The molecular formula is C18H23ClN2. The minimum atomic E-state index is 0.360. The molecule has 1 unspecified atom stereocenters. The number of nitrogens with one attached hydrogen (secondary N) is 1. The summed E-state index contributed by atoms with van der Waals surface area (Å²) in [5.41, 5.74) is 3.93. The third-order valence-electron chi connectivity index (χ3n) is 3.85. The molecule has 0 radical (unpaired) electrons. The zero-order valence-corrected chi connectivity index (χ0v) is 13.7. The van der Waals surface area contributed by atoms with Gasteiger partial charge in [0, 0.05) is 24.2 Å². The van der Waals surface area contributed by atoms with Crippen molar-refractivity contribution in [1.29, 1.82) is 0 Å². The summed E-state index contributed by atoms with van der Waals surface area (Å²) in [5.74, 6) is 0. The molecular weight excluding hydrogens is 280 g/mol. The topological polar surface area (TPSA) is 15.3 Å². The van der Waals surface area contributed by atoms with Crippen molar-refractivity contribution in [2.75, 3.05) is 14.1 Å². The minimum Gasteiger partial charge on any atom is -0.316 e. The summed E-state index contributed by atoms with van der Waals surface area (Å²) in [7, 11) is 4.12. The van der Waals surface area contributed by atoms with E-state index in [4.69, 9.17) is 11.6 Å². The second kappa shape index (κ2) is 7.60. The third-order valence-corrected chi connectivity index (χ3v) is 4.10. The highest BCUT2D eigenvalue weighted by Crippen LogP contribution is 2.22. The van der Waals surface area contributed by atoms with Gasteiger partial charge in [0.25, 0.3) is 0 Å². The lowest BCUT2D eigenvalue weighted by molar-refractivity contribution is 0.253. The molecule has 0 bridgehead atoms. The standard InChI is InChI=1S/C18H23ClN2/c1-14(17-8-10-18(19)11-9-17)21(3)13-16-6-4-15(5-7-16)12-20-2/h4-11,14,20H,12-13H2,1-3H3. The molecule has 2 nitrogen and oxygen atoms in total. The average Bonchev–Trinajstić information content (AvgIpc) is 2.49. The molecule has 0 aromatic heterocycles. The Labute approximate surface area is 132 Å². The van der Waals surface area contributed by atoms with E-state index in [-0.39, 0.29) is 0 Å². The maximum Gasteiger partial charge on any atom is 0.0406 e. The molecule has 0 spiro atoms. The van der Waals surface area contributed by atoms with Gasteiger partial charge in [-0.1, -0.05) is 48.0 Å². The van der Waals surface area contributed by atoms with Gasteiger partial charge in [-0.3, -0.25) is 4.90 Å². The molecule has 3 heteroatoms. The highest BCUT2D eigenvalue weighted by atomic mass is 35.5. The largest absolute Gasteiger partial charge is 0.316 e. The molecule has 0 fully saturated rings. The molecule has 0 aliphatic carbocycles. The van der Waals surface area contributed by atoms with E-state index in [9.17, 15) is 0 Å². The normalized spacial score (nSPS) is 12.6. The molecule has 1 atom stereocenters. The van der Waals surface area contributed by atoms with Crippen LogP contribution >= 0.6 is 11.6 Å². The fourth-order valence-electron chi connectivity index (χ4n) is 2.39. The lowest BCUT2D eigenvalue weighted by atomic mass is 10.1. The Balaban J connectivity index is 1.99. The van der Waals surface area contributed by atoms with Crippen LogP contribution in [0.2, 0.25) is 5.02 Å². The summed E-state index contributed by atoms with van der Waals surface area (Å²) >= 11 is 5.95. The number of benzene rings is 2. The Morgan fingerprint density at radius 1 is 1.00 bits per heavy atom. The smallest absolute Gasteiger partial charge is 0.0406 e. The van der Waals surface area contributed by atoms with Crippen LogP contribution in [0.5, 0.6) is 0 Å². The molecule has 112 valence electrons. The third kappa shape index (κ3) is 4.57. The highest BCUT2D eigenvalue weighted by Gasteiger charge is 2.11. The first-order chi connectivity index (χ1) is 10.1. The summed E-state index contributed by atoms with van der Waals surface area (Å²) in [5, 5.41) is 3.95. The molecule has 0 saturated heterocycles. The van der Waals surface area contributed by atoms with E-state index in [1.54, 1.807) is 0 Å². The maximum atomic E-state index is 5.95. The Hall–Kier alpha value is -1.35. The SMILES string of the molecule is CNCc1ccc(CN(C)C(C)c2ccc(Cl)cc2)cc1. The van der Waals surface area contributed by atoms with Crippen LogP contribution in [0, 0.1) is 0 Å². The monoisotopic (exact) mass is 302 g/mol. The fourth-order valence-corrected chi connectivity index (χ4v) is 2.51. The minimum absolute atomic E-state index is 0.360. The lowest BCUT2D eigenvalue weighted by Gasteiger charge is -2.25. The number of nitrogens with zero attached hydrogens (tertiary/aromatic N) is 1. The Kier molecular flexibility index (Phi) is 5.80. The van der Waals surface area contributed by atoms with Crippen LogP contribution < -0.4 is 5.32 Å². The Bertz CT molecular complexity index is 548. The molecule has 0 aliphatic rings. The van der Waals surface area contributed by atoms with E-state index < -0.39 is 0 Å². The van der Waals surface area contributed by atoms with Crippen LogP contribution in [-0.2, 0) is 13.1 Å². The first-order valence-corrected chi connectivity index (χ1v) is 7.66. The highest BCUT2D eigenvalue weighted by molar-refractivity contribution is 6.30. The zero-order valence-electron chi connectivity index (χ0n) is 12.9. The molecule has 0 saturated carbocycles. The van der Waals surface area contributed by atoms with E-state index in [0.29, 0.717) is 6.04 Å². The fraction of sp³-hybridized carbons (Fsp3) is 0.333. The van der Waals surface area contributed by atoms with Gasteiger partial charge < -0.3 is 5.32 Å². The zero-order chi connectivity index (χ0) is 15.2. The van der Waals surface area contributed by atoms with Crippen LogP contribution in [0.4, 0.5) is 0 Å².